The van der Waals surface area contributed by atoms with Crippen molar-refractivity contribution in [1.29, 1.82) is 0 Å². The highest BCUT2D eigenvalue weighted by Crippen LogP contribution is 2.66. The van der Waals surface area contributed by atoms with Gasteiger partial charge >= 0.3 is 0 Å². The van der Waals surface area contributed by atoms with Crippen molar-refractivity contribution in [3.8, 4) is 50.2 Å². The van der Waals surface area contributed by atoms with E-state index in [1.54, 1.807) is 0 Å². The minimum Gasteiger partial charge on any atom is -0.310 e. The van der Waals surface area contributed by atoms with Crippen molar-refractivity contribution >= 4 is 49.6 Å². The Morgan fingerprint density at radius 3 is 1.64 bits per heavy atom. The molecule has 0 fully saturated rings. The minimum absolute atomic E-state index is 0.165. The Bertz CT molecular complexity index is 4080. The first kappa shape index (κ1) is 39.3. The fraction of sp³-hybridized carbons (Fsp3) is 0.0588. The van der Waals surface area contributed by atoms with Crippen LogP contribution in [0.2, 0.25) is 0 Å². The summed E-state index contributed by atoms with van der Waals surface area (Å²) >= 11 is 0. The summed E-state index contributed by atoms with van der Waals surface area (Å²) in [5, 5.41) is 5.00. The molecule has 0 unspecified atom stereocenters. The van der Waals surface area contributed by atoms with E-state index in [0.717, 1.165) is 17.1 Å². The lowest BCUT2D eigenvalue weighted by Crippen LogP contribution is -2.40. The third-order valence-electron chi connectivity index (χ3n) is 16.2. The number of aromatic nitrogens is 1. The van der Waals surface area contributed by atoms with Crippen LogP contribution >= 0.6 is 0 Å². The zero-order chi connectivity index (χ0) is 46.3. The molecule has 11 aromatic carbocycles. The van der Waals surface area contributed by atoms with Crippen molar-refractivity contribution in [3.05, 3.63) is 276 Å². The molecule has 1 aliphatic heterocycles. The van der Waals surface area contributed by atoms with Gasteiger partial charge in [-0.15, -0.1) is 0 Å². The maximum Gasteiger partial charge on any atom is 0.0720 e. The fourth-order valence-electron chi connectivity index (χ4n) is 13.2. The highest BCUT2D eigenvalue weighted by Gasteiger charge is 2.54. The maximum absolute atomic E-state index is 2.59. The lowest BCUT2D eigenvalue weighted by atomic mass is 9.55. The summed E-state index contributed by atoms with van der Waals surface area (Å²) in [6.07, 6.45) is 0. The standard InChI is InChI=1S/C68H46N2/c1-67(2)56-24-9-11-26-58(56)68(59-27-12-10-25-57(59)67)60-28-15-23-53-52-21-8-13-29-62(52)70-63-41-38-49(42-55(63)54-39-40-61(68)65(64(53)60)66(54)70)69(47-34-30-44(31-35-47)43-16-4-3-5-17-43)48-36-32-46(33-37-48)51-22-14-19-45-18-6-7-20-50(45)51/h3-42H,1-2H3. The molecule has 70 heavy (non-hydrogen) atoms. The molecular formula is C68H46N2. The second-order valence-corrected chi connectivity index (χ2v) is 20.0. The van der Waals surface area contributed by atoms with E-state index in [2.05, 4.69) is 266 Å². The highest BCUT2D eigenvalue weighted by atomic mass is 15.1. The predicted octanol–water partition coefficient (Wildman–Crippen LogP) is 17.7. The van der Waals surface area contributed by atoms with Gasteiger partial charge in [-0.05, 0) is 126 Å². The van der Waals surface area contributed by atoms with Crippen molar-refractivity contribution in [3.63, 3.8) is 0 Å². The lowest BCUT2D eigenvalue weighted by molar-refractivity contribution is 0.563. The summed E-state index contributed by atoms with van der Waals surface area (Å²) in [5.41, 5.74) is 24.7. The number of para-hydroxylation sites is 1. The van der Waals surface area contributed by atoms with Crippen LogP contribution in [0.5, 0.6) is 0 Å². The molecule has 1 aromatic heterocycles. The van der Waals surface area contributed by atoms with Crippen LogP contribution in [-0.2, 0) is 10.8 Å². The SMILES string of the molecule is CC1(C)c2ccccc2C2(c3ccccc31)c1cccc3c1-c1c2ccc2c4cc(N(c5ccc(-c6ccccc6)cc5)c5ccc(-c6cccc7ccccc67)cc5)ccc4n(c12)-c1ccccc1-3. The highest BCUT2D eigenvalue weighted by molar-refractivity contribution is 6.20. The van der Waals surface area contributed by atoms with Crippen molar-refractivity contribution < 1.29 is 0 Å². The van der Waals surface area contributed by atoms with Crippen molar-refractivity contribution in [1.82, 2.24) is 4.57 Å². The van der Waals surface area contributed by atoms with Gasteiger partial charge in [0.25, 0.3) is 0 Å². The molecule has 0 radical (unpaired) electrons. The summed E-state index contributed by atoms with van der Waals surface area (Å²) < 4.78 is 2.59. The van der Waals surface area contributed by atoms with Crippen molar-refractivity contribution in [2.24, 2.45) is 0 Å². The molecule has 0 saturated carbocycles. The number of nitrogens with zero attached hydrogens (tertiary/aromatic N) is 2. The first-order valence-electron chi connectivity index (χ1n) is 24.6. The molecule has 0 bridgehead atoms. The van der Waals surface area contributed by atoms with Crippen LogP contribution in [0.25, 0.3) is 82.8 Å². The number of hydrogen-bond donors (Lipinski definition) is 0. The molecule has 2 heterocycles. The van der Waals surface area contributed by atoms with Gasteiger partial charge in [0.1, 0.15) is 0 Å². The molecule has 3 aliphatic rings. The molecule has 2 nitrogen and oxygen atoms in total. The summed E-state index contributed by atoms with van der Waals surface area (Å²) in [7, 11) is 0. The molecule has 12 aromatic rings. The van der Waals surface area contributed by atoms with Gasteiger partial charge in [-0.3, -0.25) is 0 Å². The molecule has 2 aliphatic carbocycles. The Kier molecular flexibility index (Phi) is 8.08. The van der Waals surface area contributed by atoms with Crippen LogP contribution in [0.1, 0.15) is 47.2 Å². The van der Waals surface area contributed by atoms with Crippen LogP contribution in [0.4, 0.5) is 17.1 Å². The summed E-state index contributed by atoms with van der Waals surface area (Å²) in [4.78, 5) is 2.43. The largest absolute Gasteiger partial charge is 0.310 e. The second kappa shape index (κ2) is 14.4. The van der Waals surface area contributed by atoms with E-state index in [9.17, 15) is 0 Å². The lowest BCUT2D eigenvalue weighted by Gasteiger charge is -2.46. The average molecular weight is 891 g/mol. The van der Waals surface area contributed by atoms with E-state index in [0.29, 0.717) is 0 Å². The molecule has 1 spiro atoms. The molecule has 15 rings (SSSR count). The second-order valence-electron chi connectivity index (χ2n) is 20.0. The first-order chi connectivity index (χ1) is 34.5. The maximum atomic E-state index is 2.59. The number of anilines is 3. The van der Waals surface area contributed by atoms with Gasteiger partial charge in [-0.1, -0.05) is 208 Å². The van der Waals surface area contributed by atoms with Crippen LogP contribution in [0.3, 0.4) is 0 Å². The first-order valence-corrected chi connectivity index (χ1v) is 24.6. The predicted molar refractivity (Wildman–Crippen MR) is 292 cm³/mol. The third-order valence-corrected chi connectivity index (χ3v) is 16.2. The van der Waals surface area contributed by atoms with Gasteiger partial charge < -0.3 is 9.47 Å². The zero-order valence-electron chi connectivity index (χ0n) is 39.0. The third kappa shape index (κ3) is 5.17. The summed E-state index contributed by atoms with van der Waals surface area (Å²) in [5.74, 6) is 0. The van der Waals surface area contributed by atoms with Gasteiger partial charge in [0.15, 0.2) is 0 Å². The van der Waals surface area contributed by atoms with E-state index in [1.807, 2.05) is 0 Å². The van der Waals surface area contributed by atoms with Crippen molar-refractivity contribution in [2.45, 2.75) is 24.7 Å². The number of rotatable bonds is 5. The van der Waals surface area contributed by atoms with E-state index in [1.165, 1.54) is 116 Å². The Morgan fingerprint density at radius 1 is 0.343 bits per heavy atom. The fourth-order valence-corrected chi connectivity index (χ4v) is 13.2. The van der Waals surface area contributed by atoms with Gasteiger partial charge in [0.05, 0.1) is 22.1 Å². The topological polar surface area (TPSA) is 8.17 Å². The average Bonchev–Trinajstić information content (AvgIpc) is 3.88. The van der Waals surface area contributed by atoms with E-state index >= 15 is 0 Å². The number of hydrogen-bond acceptors (Lipinski definition) is 1. The molecule has 0 amide bonds. The van der Waals surface area contributed by atoms with E-state index < -0.39 is 5.41 Å². The van der Waals surface area contributed by atoms with E-state index in [4.69, 9.17) is 0 Å². The molecular weight excluding hydrogens is 845 g/mol. The monoisotopic (exact) mass is 890 g/mol. The van der Waals surface area contributed by atoms with E-state index in [-0.39, 0.29) is 5.41 Å². The van der Waals surface area contributed by atoms with Gasteiger partial charge in [-0.25, -0.2) is 0 Å². The van der Waals surface area contributed by atoms with Crippen LogP contribution in [-0.4, -0.2) is 4.57 Å². The van der Waals surface area contributed by atoms with Crippen LogP contribution in [0.15, 0.2) is 243 Å². The van der Waals surface area contributed by atoms with Crippen molar-refractivity contribution in [2.75, 3.05) is 4.90 Å². The van der Waals surface area contributed by atoms with Gasteiger partial charge in [-0.2, -0.15) is 0 Å². The molecule has 328 valence electrons. The Labute approximate surface area is 408 Å². The Balaban J connectivity index is 0.985. The molecule has 0 N–H and O–H groups in total. The van der Waals surface area contributed by atoms with Gasteiger partial charge in [0, 0.05) is 44.4 Å². The quantitative estimate of drug-likeness (QED) is 0.167. The summed E-state index contributed by atoms with van der Waals surface area (Å²) in [6.45, 7) is 4.81. The number of fused-ring (bicyclic) bond motifs is 13. The molecule has 0 saturated heterocycles. The number of benzene rings is 11. The Morgan fingerprint density at radius 2 is 0.886 bits per heavy atom. The molecule has 0 atom stereocenters. The summed E-state index contributed by atoms with van der Waals surface area (Å²) in [6, 6.07) is 91.0. The van der Waals surface area contributed by atoms with Gasteiger partial charge in [0.2, 0.25) is 0 Å². The van der Waals surface area contributed by atoms with Crippen LogP contribution in [0, 0.1) is 0 Å². The minimum atomic E-state index is -0.489. The molecule has 2 heteroatoms. The smallest absolute Gasteiger partial charge is 0.0720 e. The normalized spacial score (nSPS) is 14.1. The van der Waals surface area contributed by atoms with Crippen LogP contribution < -0.4 is 4.90 Å². The Hall–Kier alpha value is -8.72. The zero-order valence-corrected chi connectivity index (χ0v) is 39.0.